The molecule has 0 saturated carbocycles. The van der Waals surface area contributed by atoms with Gasteiger partial charge in [0, 0.05) is 20.0 Å². The van der Waals surface area contributed by atoms with Gasteiger partial charge >= 0.3 is 0 Å². The van der Waals surface area contributed by atoms with Crippen molar-refractivity contribution in [3.63, 3.8) is 0 Å². The van der Waals surface area contributed by atoms with Crippen LogP contribution in [0.2, 0.25) is 0 Å². The highest BCUT2D eigenvalue weighted by molar-refractivity contribution is 9.10. The molecule has 3 heterocycles. The third kappa shape index (κ3) is 2.39. The first-order chi connectivity index (χ1) is 10.1. The average Bonchev–Trinajstić information content (AvgIpc) is 2.51. The normalized spacial score (nSPS) is 14.0. The molecule has 0 fully saturated rings. The van der Waals surface area contributed by atoms with Gasteiger partial charge in [-0.25, -0.2) is 14.6 Å². The summed E-state index contributed by atoms with van der Waals surface area (Å²) in [5, 5.41) is 4.08. The summed E-state index contributed by atoms with van der Waals surface area (Å²) in [5.74, 6) is 0.581. The summed E-state index contributed by atoms with van der Waals surface area (Å²) in [5.41, 5.74) is 2.56. The van der Waals surface area contributed by atoms with Gasteiger partial charge in [-0.15, -0.1) is 0 Å². The predicted molar refractivity (Wildman–Crippen MR) is 80.5 cm³/mol. The Morgan fingerprint density at radius 3 is 2.95 bits per heavy atom. The van der Waals surface area contributed by atoms with E-state index in [2.05, 4.69) is 35.9 Å². The van der Waals surface area contributed by atoms with E-state index >= 15 is 0 Å². The van der Waals surface area contributed by atoms with Crippen LogP contribution in [-0.2, 0) is 20.0 Å². The minimum absolute atomic E-state index is 0.158. The van der Waals surface area contributed by atoms with Crippen LogP contribution in [0.25, 0.3) is 0 Å². The number of hydrogen-bond donors (Lipinski definition) is 0. The van der Waals surface area contributed by atoms with Gasteiger partial charge in [-0.3, -0.25) is 4.79 Å². The molecule has 3 rings (SSSR count). The zero-order valence-electron chi connectivity index (χ0n) is 11.7. The van der Waals surface area contributed by atoms with Gasteiger partial charge in [0.1, 0.15) is 10.8 Å². The SMILES string of the molecule is COc1ncnc2c1CN(c1cnn(C)c(=O)c1Br)CC2. The molecule has 0 amide bonds. The molecule has 1 aliphatic rings. The molecule has 0 N–H and O–H groups in total. The van der Waals surface area contributed by atoms with E-state index < -0.39 is 0 Å². The van der Waals surface area contributed by atoms with Crippen molar-refractivity contribution < 1.29 is 4.74 Å². The van der Waals surface area contributed by atoms with Crippen LogP contribution in [0.5, 0.6) is 5.88 Å². The van der Waals surface area contributed by atoms with Crippen molar-refractivity contribution in [2.24, 2.45) is 7.05 Å². The third-order valence-electron chi connectivity index (χ3n) is 3.56. The maximum absolute atomic E-state index is 12.0. The van der Waals surface area contributed by atoms with Crippen molar-refractivity contribution in [2.75, 3.05) is 18.6 Å². The second-order valence-corrected chi connectivity index (χ2v) is 5.55. The van der Waals surface area contributed by atoms with E-state index in [1.54, 1.807) is 20.4 Å². The quantitative estimate of drug-likeness (QED) is 0.800. The molecule has 0 aromatic carbocycles. The minimum atomic E-state index is -0.158. The van der Waals surface area contributed by atoms with Crippen LogP contribution in [-0.4, -0.2) is 33.4 Å². The topological polar surface area (TPSA) is 73.1 Å². The average molecular weight is 352 g/mol. The Kier molecular flexibility index (Phi) is 3.62. The number of ether oxygens (including phenoxy) is 1. The van der Waals surface area contributed by atoms with Crippen LogP contribution in [0.15, 0.2) is 21.8 Å². The van der Waals surface area contributed by atoms with Crippen LogP contribution in [0, 0.1) is 0 Å². The Hall–Kier alpha value is -1.96. The van der Waals surface area contributed by atoms with Crippen molar-refractivity contribution in [2.45, 2.75) is 13.0 Å². The molecular weight excluding hydrogens is 338 g/mol. The molecule has 0 bridgehead atoms. The predicted octanol–water partition coefficient (Wildman–Crippen LogP) is 0.904. The highest BCUT2D eigenvalue weighted by atomic mass is 79.9. The number of halogens is 1. The molecule has 0 radical (unpaired) electrons. The Morgan fingerprint density at radius 2 is 2.19 bits per heavy atom. The number of anilines is 1. The minimum Gasteiger partial charge on any atom is -0.481 e. The van der Waals surface area contributed by atoms with E-state index in [0.717, 1.165) is 29.9 Å². The number of nitrogens with zero attached hydrogens (tertiary/aromatic N) is 5. The molecule has 0 aliphatic carbocycles. The van der Waals surface area contributed by atoms with Gasteiger partial charge in [-0.05, 0) is 15.9 Å². The summed E-state index contributed by atoms with van der Waals surface area (Å²) in [6.07, 6.45) is 3.98. The number of methoxy groups -OCH3 is 1. The van der Waals surface area contributed by atoms with E-state index in [9.17, 15) is 4.79 Å². The standard InChI is InChI=1S/C13H14BrN5O2/c1-18-13(20)11(14)10(5-17-18)19-4-3-9-8(6-19)12(21-2)16-7-15-9/h5,7H,3-4,6H2,1-2H3. The van der Waals surface area contributed by atoms with Crippen molar-refractivity contribution in [3.8, 4) is 5.88 Å². The lowest BCUT2D eigenvalue weighted by atomic mass is 10.1. The third-order valence-corrected chi connectivity index (χ3v) is 4.30. The van der Waals surface area contributed by atoms with E-state index in [1.807, 2.05) is 0 Å². The molecule has 110 valence electrons. The van der Waals surface area contributed by atoms with Gasteiger partial charge in [0.25, 0.3) is 5.56 Å². The molecule has 0 unspecified atom stereocenters. The summed E-state index contributed by atoms with van der Waals surface area (Å²) in [6, 6.07) is 0. The maximum atomic E-state index is 12.0. The zero-order chi connectivity index (χ0) is 15.0. The zero-order valence-corrected chi connectivity index (χ0v) is 13.3. The summed E-state index contributed by atoms with van der Waals surface area (Å²) in [7, 11) is 3.22. The van der Waals surface area contributed by atoms with E-state index in [4.69, 9.17) is 4.74 Å². The van der Waals surface area contributed by atoms with Crippen LogP contribution in [0.3, 0.4) is 0 Å². The summed E-state index contributed by atoms with van der Waals surface area (Å²) < 4.78 is 7.11. The van der Waals surface area contributed by atoms with Crippen molar-refractivity contribution in [1.29, 1.82) is 0 Å². The largest absolute Gasteiger partial charge is 0.481 e. The number of hydrogen-bond acceptors (Lipinski definition) is 6. The van der Waals surface area contributed by atoms with Crippen LogP contribution in [0.1, 0.15) is 11.3 Å². The Labute approximate surface area is 129 Å². The first kappa shape index (κ1) is 14.0. The summed E-state index contributed by atoms with van der Waals surface area (Å²) in [6.45, 7) is 1.35. The molecule has 1 aliphatic heterocycles. The first-order valence-corrected chi connectivity index (χ1v) is 7.24. The van der Waals surface area contributed by atoms with E-state index in [1.165, 1.54) is 11.0 Å². The molecule has 0 atom stereocenters. The molecule has 0 spiro atoms. The molecular formula is C13H14BrN5O2. The van der Waals surface area contributed by atoms with Crippen LogP contribution in [0.4, 0.5) is 5.69 Å². The first-order valence-electron chi connectivity index (χ1n) is 6.45. The van der Waals surface area contributed by atoms with Crippen LogP contribution < -0.4 is 15.2 Å². The molecule has 0 saturated heterocycles. The lowest BCUT2D eigenvalue weighted by molar-refractivity contribution is 0.387. The molecule has 2 aromatic heterocycles. The molecule has 2 aromatic rings. The van der Waals surface area contributed by atoms with Gasteiger partial charge in [0.05, 0.1) is 36.8 Å². The van der Waals surface area contributed by atoms with Gasteiger partial charge in [-0.2, -0.15) is 5.10 Å². The van der Waals surface area contributed by atoms with Crippen LogP contribution >= 0.6 is 15.9 Å². The van der Waals surface area contributed by atoms with Crippen molar-refractivity contribution in [3.05, 3.63) is 38.6 Å². The lowest BCUT2D eigenvalue weighted by Gasteiger charge is -2.30. The smallest absolute Gasteiger partial charge is 0.282 e. The Bertz CT molecular complexity index is 732. The van der Waals surface area contributed by atoms with Crippen molar-refractivity contribution >= 4 is 21.6 Å². The van der Waals surface area contributed by atoms with Gasteiger partial charge in [0.15, 0.2) is 0 Å². The fourth-order valence-corrected chi connectivity index (χ4v) is 3.03. The van der Waals surface area contributed by atoms with Gasteiger partial charge < -0.3 is 9.64 Å². The number of rotatable bonds is 2. The number of aromatic nitrogens is 4. The summed E-state index contributed by atoms with van der Waals surface area (Å²) in [4.78, 5) is 22.5. The molecule has 21 heavy (non-hydrogen) atoms. The van der Waals surface area contributed by atoms with Gasteiger partial charge in [0.2, 0.25) is 5.88 Å². The second kappa shape index (κ2) is 5.44. The fourth-order valence-electron chi connectivity index (χ4n) is 2.42. The Balaban J connectivity index is 2.00. The van der Waals surface area contributed by atoms with Crippen molar-refractivity contribution in [1.82, 2.24) is 19.7 Å². The van der Waals surface area contributed by atoms with E-state index in [-0.39, 0.29) is 5.56 Å². The highest BCUT2D eigenvalue weighted by Gasteiger charge is 2.24. The molecule has 8 heteroatoms. The van der Waals surface area contributed by atoms with Gasteiger partial charge in [-0.1, -0.05) is 0 Å². The second-order valence-electron chi connectivity index (χ2n) is 4.75. The number of aryl methyl sites for hydroxylation is 1. The summed E-state index contributed by atoms with van der Waals surface area (Å²) >= 11 is 3.36. The Morgan fingerprint density at radius 1 is 1.38 bits per heavy atom. The fraction of sp³-hybridized carbons (Fsp3) is 0.385. The maximum Gasteiger partial charge on any atom is 0.282 e. The monoisotopic (exact) mass is 351 g/mol. The highest BCUT2D eigenvalue weighted by Crippen LogP contribution is 2.30. The number of fused-ring (bicyclic) bond motifs is 1. The molecule has 7 nitrogen and oxygen atoms in total. The van der Waals surface area contributed by atoms with E-state index in [0.29, 0.717) is 16.9 Å². The lowest BCUT2D eigenvalue weighted by Crippen LogP contribution is -2.34.